The Morgan fingerprint density at radius 3 is 2.43 bits per heavy atom. The summed E-state index contributed by atoms with van der Waals surface area (Å²) in [6.07, 6.45) is 0. The third kappa shape index (κ3) is 4.54. The van der Waals surface area contributed by atoms with E-state index >= 15 is 0 Å². The van der Waals surface area contributed by atoms with Gasteiger partial charge in [0.05, 0.1) is 19.3 Å². The Labute approximate surface area is 140 Å². The van der Waals surface area contributed by atoms with Gasteiger partial charge in [0.1, 0.15) is 0 Å². The fraction of sp³-hybridized carbons (Fsp3) is 0.353. The SMILES string of the molecule is Cc1ccccc1[C@@H](NC(=O)N(CCO)CCO)c1cccs1. The summed E-state index contributed by atoms with van der Waals surface area (Å²) in [5.41, 5.74) is 2.14. The number of thiophene rings is 1. The highest BCUT2D eigenvalue weighted by Crippen LogP contribution is 2.28. The molecule has 0 bridgehead atoms. The first-order chi connectivity index (χ1) is 11.2. The molecule has 1 heterocycles. The standard InChI is InChI=1S/C17H22N2O3S/c1-13-5-2-3-6-14(13)16(15-7-4-12-23-15)18-17(22)19(8-10-20)9-11-21/h2-7,12,16,20-21H,8-11H2,1H3,(H,18,22)/t16-/m1/s1. The average Bonchev–Trinajstić information content (AvgIpc) is 3.07. The smallest absolute Gasteiger partial charge is 0.318 e. The van der Waals surface area contributed by atoms with E-state index in [-0.39, 0.29) is 38.4 Å². The first kappa shape index (κ1) is 17.5. The number of carbonyl (C=O) groups is 1. The minimum Gasteiger partial charge on any atom is -0.395 e. The number of nitrogens with one attached hydrogen (secondary N) is 1. The third-order valence-corrected chi connectivity index (χ3v) is 4.56. The van der Waals surface area contributed by atoms with E-state index in [1.807, 2.05) is 48.7 Å². The predicted molar refractivity (Wildman–Crippen MR) is 91.6 cm³/mol. The summed E-state index contributed by atoms with van der Waals surface area (Å²) in [5, 5.41) is 23.2. The summed E-state index contributed by atoms with van der Waals surface area (Å²) >= 11 is 1.58. The summed E-state index contributed by atoms with van der Waals surface area (Å²) in [6, 6.07) is 11.3. The van der Waals surface area contributed by atoms with Crippen LogP contribution in [0.25, 0.3) is 0 Å². The highest BCUT2D eigenvalue weighted by atomic mass is 32.1. The second kappa shape index (κ2) is 8.67. The van der Waals surface area contributed by atoms with Gasteiger partial charge in [-0.25, -0.2) is 4.79 Å². The lowest BCUT2D eigenvalue weighted by Gasteiger charge is -2.26. The number of hydrogen-bond acceptors (Lipinski definition) is 4. The van der Waals surface area contributed by atoms with E-state index in [1.165, 1.54) is 4.90 Å². The Morgan fingerprint density at radius 2 is 1.87 bits per heavy atom. The topological polar surface area (TPSA) is 72.8 Å². The lowest BCUT2D eigenvalue weighted by atomic mass is 10.00. The Balaban J connectivity index is 2.25. The normalized spacial score (nSPS) is 12.0. The van der Waals surface area contributed by atoms with Gasteiger partial charge in [-0.05, 0) is 29.5 Å². The largest absolute Gasteiger partial charge is 0.395 e. The van der Waals surface area contributed by atoms with Crippen molar-refractivity contribution in [2.24, 2.45) is 0 Å². The van der Waals surface area contributed by atoms with Crippen LogP contribution in [0.15, 0.2) is 41.8 Å². The second-order valence-corrected chi connectivity index (χ2v) is 6.17. The van der Waals surface area contributed by atoms with Crippen molar-refractivity contribution in [2.75, 3.05) is 26.3 Å². The molecule has 0 fully saturated rings. The molecule has 23 heavy (non-hydrogen) atoms. The van der Waals surface area contributed by atoms with Crippen molar-refractivity contribution in [1.29, 1.82) is 0 Å². The molecule has 2 rings (SSSR count). The van der Waals surface area contributed by atoms with Crippen LogP contribution in [0.5, 0.6) is 0 Å². The highest BCUT2D eigenvalue weighted by molar-refractivity contribution is 7.10. The van der Waals surface area contributed by atoms with Crippen molar-refractivity contribution >= 4 is 17.4 Å². The van der Waals surface area contributed by atoms with Crippen LogP contribution in [0, 0.1) is 6.92 Å². The van der Waals surface area contributed by atoms with Crippen LogP contribution in [0.1, 0.15) is 22.0 Å². The van der Waals surface area contributed by atoms with Crippen LogP contribution in [-0.2, 0) is 0 Å². The molecule has 0 spiro atoms. The van der Waals surface area contributed by atoms with Gasteiger partial charge in [0.2, 0.25) is 0 Å². The first-order valence-corrected chi connectivity index (χ1v) is 8.41. The summed E-state index contributed by atoms with van der Waals surface area (Å²) in [4.78, 5) is 15.0. The maximum atomic E-state index is 12.5. The van der Waals surface area contributed by atoms with Crippen molar-refractivity contribution < 1.29 is 15.0 Å². The molecule has 0 aliphatic rings. The molecule has 2 aromatic rings. The molecule has 3 N–H and O–H groups in total. The van der Waals surface area contributed by atoms with Crippen molar-refractivity contribution in [2.45, 2.75) is 13.0 Å². The van der Waals surface area contributed by atoms with Gasteiger partial charge in [0.25, 0.3) is 0 Å². The molecule has 0 aliphatic carbocycles. The van der Waals surface area contributed by atoms with Gasteiger partial charge in [-0.15, -0.1) is 11.3 Å². The van der Waals surface area contributed by atoms with E-state index in [1.54, 1.807) is 11.3 Å². The van der Waals surface area contributed by atoms with Gasteiger partial charge in [0.15, 0.2) is 0 Å². The molecule has 0 saturated carbocycles. The zero-order valence-corrected chi connectivity index (χ0v) is 13.9. The summed E-state index contributed by atoms with van der Waals surface area (Å²) in [5.74, 6) is 0. The molecule has 0 radical (unpaired) electrons. The van der Waals surface area contributed by atoms with Gasteiger partial charge in [-0.2, -0.15) is 0 Å². The number of nitrogens with zero attached hydrogens (tertiary/aromatic N) is 1. The maximum Gasteiger partial charge on any atom is 0.318 e. The summed E-state index contributed by atoms with van der Waals surface area (Å²) in [6.45, 7) is 2.12. The van der Waals surface area contributed by atoms with Crippen LogP contribution in [0.2, 0.25) is 0 Å². The predicted octanol–water partition coefficient (Wildman–Crippen LogP) is 2.14. The summed E-state index contributed by atoms with van der Waals surface area (Å²) in [7, 11) is 0. The van der Waals surface area contributed by atoms with Gasteiger partial charge < -0.3 is 20.4 Å². The van der Waals surface area contributed by atoms with Gasteiger partial charge in [0, 0.05) is 18.0 Å². The minimum absolute atomic E-state index is 0.137. The lowest BCUT2D eigenvalue weighted by Crippen LogP contribution is -2.44. The number of benzene rings is 1. The molecule has 5 nitrogen and oxygen atoms in total. The molecule has 1 atom stereocenters. The average molecular weight is 334 g/mol. The molecular formula is C17H22N2O3S. The molecule has 1 aromatic carbocycles. The van der Waals surface area contributed by atoms with Crippen molar-refractivity contribution in [1.82, 2.24) is 10.2 Å². The van der Waals surface area contributed by atoms with Crippen LogP contribution >= 0.6 is 11.3 Å². The van der Waals surface area contributed by atoms with Crippen molar-refractivity contribution in [3.05, 3.63) is 57.8 Å². The number of aliphatic hydroxyl groups is 2. The molecular weight excluding hydrogens is 312 g/mol. The Hall–Kier alpha value is -1.89. The van der Waals surface area contributed by atoms with E-state index in [0.717, 1.165) is 16.0 Å². The monoisotopic (exact) mass is 334 g/mol. The molecule has 0 aliphatic heterocycles. The molecule has 124 valence electrons. The van der Waals surface area contributed by atoms with E-state index in [2.05, 4.69) is 5.32 Å². The van der Waals surface area contributed by atoms with Gasteiger partial charge in [-0.3, -0.25) is 0 Å². The highest BCUT2D eigenvalue weighted by Gasteiger charge is 2.22. The van der Waals surface area contributed by atoms with Crippen molar-refractivity contribution in [3.63, 3.8) is 0 Å². The number of carbonyl (C=O) groups excluding carboxylic acids is 1. The summed E-state index contributed by atoms with van der Waals surface area (Å²) < 4.78 is 0. The number of urea groups is 1. The minimum atomic E-state index is -0.297. The van der Waals surface area contributed by atoms with Gasteiger partial charge >= 0.3 is 6.03 Å². The lowest BCUT2D eigenvalue weighted by molar-refractivity contribution is 0.157. The van der Waals surface area contributed by atoms with Gasteiger partial charge in [-0.1, -0.05) is 30.3 Å². The van der Waals surface area contributed by atoms with E-state index < -0.39 is 0 Å². The first-order valence-electron chi connectivity index (χ1n) is 7.53. The Morgan fingerprint density at radius 1 is 1.17 bits per heavy atom. The van der Waals surface area contributed by atoms with Crippen LogP contribution in [-0.4, -0.2) is 47.4 Å². The zero-order chi connectivity index (χ0) is 16.7. The molecule has 6 heteroatoms. The number of rotatable bonds is 7. The number of amides is 2. The maximum absolute atomic E-state index is 12.5. The quantitative estimate of drug-likeness (QED) is 0.726. The van der Waals surface area contributed by atoms with Crippen LogP contribution < -0.4 is 5.32 Å². The van der Waals surface area contributed by atoms with E-state index in [4.69, 9.17) is 10.2 Å². The second-order valence-electron chi connectivity index (χ2n) is 5.19. The molecule has 2 amide bonds. The van der Waals surface area contributed by atoms with Crippen LogP contribution in [0.3, 0.4) is 0 Å². The number of hydrogen-bond donors (Lipinski definition) is 3. The Kier molecular flexibility index (Phi) is 6.58. The third-order valence-electron chi connectivity index (χ3n) is 3.62. The van der Waals surface area contributed by atoms with E-state index in [9.17, 15) is 4.79 Å². The molecule has 0 saturated heterocycles. The Bertz CT molecular complexity index is 610. The fourth-order valence-electron chi connectivity index (χ4n) is 2.44. The van der Waals surface area contributed by atoms with Crippen molar-refractivity contribution in [3.8, 4) is 0 Å². The number of aliphatic hydroxyl groups excluding tert-OH is 2. The number of aryl methyl sites for hydroxylation is 1. The molecule has 1 aromatic heterocycles. The fourth-order valence-corrected chi connectivity index (χ4v) is 3.23. The zero-order valence-electron chi connectivity index (χ0n) is 13.1. The van der Waals surface area contributed by atoms with Crippen LogP contribution in [0.4, 0.5) is 4.79 Å². The van der Waals surface area contributed by atoms with E-state index in [0.29, 0.717) is 0 Å². The molecule has 0 unspecified atom stereocenters.